The molecule has 128 valence electrons. The van der Waals surface area contributed by atoms with Crippen molar-refractivity contribution in [3.8, 4) is 0 Å². The van der Waals surface area contributed by atoms with Gasteiger partial charge in [-0.25, -0.2) is 8.42 Å². The van der Waals surface area contributed by atoms with Gasteiger partial charge in [-0.15, -0.1) is 5.10 Å². The summed E-state index contributed by atoms with van der Waals surface area (Å²) in [7, 11) is -3.16. The third-order valence-electron chi connectivity index (χ3n) is 4.62. The molecule has 0 aromatic carbocycles. The molecule has 1 aromatic heterocycles. The second-order valence-electron chi connectivity index (χ2n) is 6.44. The van der Waals surface area contributed by atoms with Gasteiger partial charge in [0.25, 0.3) is 0 Å². The predicted molar refractivity (Wildman–Crippen MR) is 87.7 cm³/mol. The van der Waals surface area contributed by atoms with Crippen LogP contribution >= 0.6 is 0 Å². The third kappa shape index (κ3) is 3.64. The maximum atomic E-state index is 12.1. The fourth-order valence-corrected chi connectivity index (χ4v) is 4.59. The van der Waals surface area contributed by atoms with Gasteiger partial charge in [0.1, 0.15) is 5.82 Å². The normalized spacial score (nSPS) is 29.0. The predicted octanol–water partition coefficient (Wildman–Crippen LogP) is 1.17. The zero-order chi connectivity index (χ0) is 16.5. The zero-order valence-corrected chi connectivity index (χ0v) is 14.5. The second kappa shape index (κ2) is 6.33. The SMILES string of the molecule is CCS(=O)(=O)N1CCCC2(CC(Nc3ccc(C)nn3)CO2)C1. The zero-order valence-electron chi connectivity index (χ0n) is 13.7. The molecule has 2 aliphatic rings. The highest BCUT2D eigenvalue weighted by Gasteiger charge is 2.45. The Morgan fingerprint density at radius 3 is 2.96 bits per heavy atom. The van der Waals surface area contributed by atoms with Gasteiger partial charge in [0.15, 0.2) is 0 Å². The molecule has 0 aliphatic carbocycles. The smallest absolute Gasteiger partial charge is 0.213 e. The van der Waals surface area contributed by atoms with E-state index in [0.29, 0.717) is 19.7 Å². The fraction of sp³-hybridized carbons (Fsp3) is 0.733. The summed E-state index contributed by atoms with van der Waals surface area (Å²) >= 11 is 0. The Hall–Kier alpha value is -1.25. The summed E-state index contributed by atoms with van der Waals surface area (Å²) in [6, 6.07) is 3.95. The van der Waals surface area contributed by atoms with Crippen molar-refractivity contribution in [3.63, 3.8) is 0 Å². The van der Waals surface area contributed by atoms with E-state index in [-0.39, 0.29) is 17.4 Å². The van der Waals surface area contributed by atoms with Crippen molar-refractivity contribution in [3.05, 3.63) is 17.8 Å². The van der Waals surface area contributed by atoms with Crippen molar-refractivity contribution in [1.29, 1.82) is 0 Å². The minimum atomic E-state index is -3.16. The van der Waals surface area contributed by atoms with Crippen LogP contribution in [0.4, 0.5) is 5.82 Å². The molecule has 0 saturated carbocycles. The number of aromatic nitrogens is 2. The molecule has 0 amide bonds. The molecule has 2 fully saturated rings. The quantitative estimate of drug-likeness (QED) is 0.886. The molecule has 1 N–H and O–H groups in total. The number of nitrogens with zero attached hydrogens (tertiary/aromatic N) is 3. The van der Waals surface area contributed by atoms with Gasteiger partial charge in [-0.3, -0.25) is 0 Å². The Morgan fingerprint density at radius 2 is 2.26 bits per heavy atom. The number of nitrogens with one attached hydrogen (secondary N) is 1. The van der Waals surface area contributed by atoms with Crippen molar-refractivity contribution in [2.24, 2.45) is 0 Å². The van der Waals surface area contributed by atoms with Crippen LogP contribution in [0.1, 0.15) is 31.9 Å². The number of sulfonamides is 1. The lowest BCUT2D eigenvalue weighted by Gasteiger charge is -2.38. The first kappa shape index (κ1) is 16.6. The summed E-state index contributed by atoms with van der Waals surface area (Å²) in [5, 5.41) is 11.5. The Balaban J connectivity index is 1.65. The van der Waals surface area contributed by atoms with E-state index < -0.39 is 10.0 Å². The van der Waals surface area contributed by atoms with E-state index in [2.05, 4.69) is 15.5 Å². The summed E-state index contributed by atoms with van der Waals surface area (Å²) in [6.45, 7) is 5.21. The first-order valence-electron chi connectivity index (χ1n) is 8.11. The lowest BCUT2D eigenvalue weighted by atomic mass is 9.90. The van der Waals surface area contributed by atoms with Gasteiger partial charge < -0.3 is 10.1 Å². The maximum absolute atomic E-state index is 12.1. The summed E-state index contributed by atoms with van der Waals surface area (Å²) < 4.78 is 31.9. The maximum Gasteiger partial charge on any atom is 0.213 e. The molecule has 2 aliphatic heterocycles. The number of ether oxygens (including phenoxy) is 1. The van der Waals surface area contributed by atoms with Crippen molar-refractivity contribution >= 4 is 15.8 Å². The molecule has 23 heavy (non-hydrogen) atoms. The number of rotatable bonds is 4. The highest BCUT2D eigenvalue weighted by Crippen LogP contribution is 2.36. The van der Waals surface area contributed by atoms with Gasteiger partial charge in [0, 0.05) is 19.5 Å². The van der Waals surface area contributed by atoms with Crippen LogP contribution in [0.2, 0.25) is 0 Å². The molecule has 2 saturated heterocycles. The lowest BCUT2D eigenvalue weighted by molar-refractivity contribution is -0.0329. The minimum Gasteiger partial charge on any atom is -0.371 e. The van der Waals surface area contributed by atoms with Crippen molar-refractivity contribution in [2.75, 3.05) is 30.8 Å². The van der Waals surface area contributed by atoms with E-state index in [1.54, 1.807) is 11.2 Å². The van der Waals surface area contributed by atoms with Gasteiger partial charge in [0.05, 0.1) is 29.7 Å². The fourth-order valence-electron chi connectivity index (χ4n) is 3.38. The van der Waals surface area contributed by atoms with Crippen LogP contribution in [0.25, 0.3) is 0 Å². The van der Waals surface area contributed by atoms with Gasteiger partial charge in [-0.05, 0) is 38.8 Å². The van der Waals surface area contributed by atoms with Crippen LogP contribution in [0.15, 0.2) is 12.1 Å². The Labute approximate surface area is 137 Å². The van der Waals surface area contributed by atoms with Gasteiger partial charge in [-0.2, -0.15) is 9.40 Å². The highest BCUT2D eigenvalue weighted by molar-refractivity contribution is 7.89. The van der Waals surface area contributed by atoms with Crippen molar-refractivity contribution in [2.45, 2.75) is 44.8 Å². The summed E-state index contributed by atoms with van der Waals surface area (Å²) in [5.74, 6) is 0.874. The number of anilines is 1. The Bertz CT molecular complexity index is 649. The number of hydrogen-bond acceptors (Lipinski definition) is 6. The average Bonchev–Trinajstić information content (AvgIpc) is 2.92. The first-order chi connectivity index (χ1) is 10.9. The molecule has 1 spiro atoms. The summed E-state index contributed by atoms with van der Waals surface area (Å²) in [4.78, 5) is 0. The van der Waals surface area contributed by atoms with Crippen LogP contribution < -0.4 is 5.32 Å². The molecule has 7 nitrogen and oxygen atoms in total. The second-order valence-corrected chi connectivity index (χ2v) is 8.69. The van der Waals surface area contributed by atoms with E-state index in [1.807, 2.05) is 19.1 Å². The van der Waals surface area contributed by atoms with Gasteiger partial charge in [0.2, 0.25) is 10.0 Å². The van der Waals surface area contributed by atoms with E-state index in [1.165, 1.54) is 0 Å². The number of hydrogen-bond donors (Lipinski definition) is 1. The van der Waals surface area contributed by atoms with E-state index in [0.717, 1.165) is 30.8 Å². The van der Waals surface area contributed by atoms with Crippen molar-refractivity contribution in [1.82, 2.24) is 14.5 Å². The number of aryl methyl sites for hydroxylation is 1. The van der Waals surface area contributed by atoms with Crippen LogP contribution in [-0.2, 0) is 14.8 Å². The first-order valence-corrected chi connectivity index (χ1v) is 9.72. The Morgan fingerprint density at radius 1 is 1.43 bits per heavy atom. The van der Waals surface area contributed by atoms with Crippen LogP contribution in [0.3, 0.4) is 0 Å². The number of piperidine rings is 1. The van der Waals surface area contributed by atoms with E-state index in [9.17, 15) is 8.42 Å². The lowest BCUT2D eigenvalue weighted by Crippen LogP contribution is -2.50. The molecular formula is C15H24N4O3S. The van der Waals surface area contributed by atoms with Crippen LogP contribution in [-0.4, -0.2) is 60.0 Å². The van der Waals surface area contributed by atoms with Gasteiger partial charge in [-0.1, -0.05) is 0 Å². The largest absolute Gasteiger partial charge is 0.371 e. The summed E-state index contributed by atoms with van der Waals surface area (Å²) in [5.41, 5.74) is 0.512. The van der Waals surface area contributed by atoms with Crippen LogP contribution in [0, 0.1) is 6.92 Å². The van der Waals surface area contributed by atoms with Gasteiger partial charge >= 0.3 is 0 Å². The van der Waals surface area contributed by atoms with E-state index in [4.69, 9.17) is 4.74 Å². The molecule has 1 aromatic rings. The Kier molecular flexibility index (Phi) is 4.57. The molecule has 0 bridgehead atoms. The molecule has 0 radical (unpaired) electrons. The molecule has 2 atom stereocenters. The minimum absolute atomic E-state index is 0.135. The molecule has 8 heteroatoms. The molecular weight excluding hydrogens is 316 g/mol. The third-order valence-corrected chi connectivity index (χ3v) is 6.45. The standard InChI is InChI=1S/C15H24N4O3S/c1-3-23(20,21)19-8-4-7-15(11-19)9-13(10-22-15)16-14-6-5-12(2)17-18-14/h5-6,13H,3-4,7-11H2,1-2H3,(H,16,18). The van der Waals surface area contributed by atoms with E-state index >= 15 is 0 Å². The summed E-state index contributed by atoms with van der Waals surface area (Å²) in [6.07, 6.45) is 2.54. The van der Waals surface area contributed by atoms with Crippen LogP contribution in [0.5, 0.6) is 0 Å². The molecule has 3 heterocycles. The monoisotopic (exact) mass is 340 g/mol. The van der Waals surface area contributed by atoms with Crippen molar-refractivity contribution < 1.29 is 13.2 Å². The topological polar surface area (TPSA) is 84.4 Å². The molecule has 2 unspecified atom stereocenters. The average molecular weight is 340 g/mol. The molecule has 3 rings (SSSR count). The highest BCUT2D eigenvalue weighted by atomic mass is 32.2.